The molecule has 0 aliphatic rings. The molecule has 1 N–H and O–H groups in total. The number of aryl methyl sites for hydroxylation is 3. The largest absolute Gasteiger partial charge is 0.348 e. The molecule has 1 aromatic carbocycles. The Morgan fingerprint density at radius 3 is 2.75 bits per heavy atom. The maximum absolute atomic E-state index is 4.36. The Kier molecular flexibility index (Phi) is 5.16. The van der Waals surface area contributed by atoms with Gasteiger partial charge in [0.15, 0.2) is 0 Å². The first-order valence-corrected chi connectivity index (χ1v) is 7.40. The van der Waals surface area contributed by atoms with Crippen molar-refractivity contribution in [3.05, 3.63) is 58.7 Å². The number of benzene rings is 1. The van der Waals surface area contributed by atoms with Gasteiger partial charge in [-0.1, -0.05) is 24.3 Å². The van der Waals surface area contributed by atoms with E-state index in [0.717, 1.165) is 17.9 Å². The smallest absolute Gasteiger partial charge is 0.103 e. The molecule has 2 rings (SSSR count). The normalized spacial score (nSPS) is 11.3. The molecule has 0 radical (unpaired) electrons. The fourth-order valence-electron chi connectivity index (χ4n) is 2.39. The van der Waals surface area contributed by atoms with Gasteiger partial charge in [0.05, 0.1) is 5.69 Å². The van der Waals surface area contributed by atoms with E-state index >= 15 is 0 Å². The number of unbranched alkanes of at least 4 members (excludes halogenated alkanes) is 2. The van der Waals surface area contributed by atoms with Gasteiger partial charge in [-0.2, -0.15) is 0 Å². The van der Waals surface area contributed by atoms with E-state index in [4.69, 9.17) is 0 Å². The van der Waals surface area contributed by atoms with Crippen LogP contribution in [-0.4, -0.2) is 9.97 Å². The molecule has 2 aromatic rings. The molecular weight excluding hydrogens is 244 g/mol. The van der Waals surface area contributed by atoms with Gasteiger partial charge in [0.25, 0.3) is 0 Å². The molecule has 0 unspecified atom stereocenters. The van der Waals surface area contributed by atoms with Crippen molar-refractivity contribution in [1.82, 2.24) is 9.97 Å². The third-order valence-corrected chi connectivity index (χ3v) is 3.80. The Morgan fingerprint density at radius 1 is 1.15 bits per heavy atom. The standard InChI is InChI=1S/C18H24N2/c1-14-9-8-11-17(15(14)2)10-6-4-5-7-12-18-13-19-16(3)20-18/h7-9,11-13H,4-6,10H2,1-3H3,(H,19,20). The summed E-state index contributed by atoms with van der Waals surface area (Å²) in [5, 5.41) is 0. The summed E-state index contributed by atoms with van der Waals surface area (Å²) in [6.07, 6.45) is 11.0. The van der Waals surface area contributed by atoms with Gasteiger partial charge in [-0.25, -0.2) is 4.98 Å². The van der Waals surface area contributed by atoms with E-state index in [1.807, 2.05) is 13.1 Å². The fraction of sp³-hybridized carbons (Fsp3) is 0.389. The first kappa shape index (κ1) is 14.6. The number of imidazole rings is 1. The lowest BCUT2D eigenvalue weighted by Crippen LogP contribution is -1.92. The first-order chi connectivity index (χ1) is 9.66. The Morgan fingerprint density at radius 2 is 2.00 bits per heavy atom. The molecule has 20 heavy (non-hydrogen) atoms. The van der Waals surface area contributed by atoms with Crippen molar-refractivity contribution in [2.75, 3.05) is 0 Å². The molecule has 0 saturated heterocycles. The maximum Gasteiger partial charge on any atom is 0.103 e. The average molecular weight is 268 g/mol. The van der Waals surface area contributed by atoms with E-state index in [9.17, 15) is 0 Å². The highest BCUT2D eigenvalue weighted by molar-refractivity contribution is 5.43. The molecule has 1 heterocycles. The third-order valence-electron chi connectivity index (χ3n) is 3.80. The lowest BCUT2D eigenvalue weighted by atomic mass is 9.98. The number of rotatable bonds is 6. The van der Waals surface area contributed by atoms with Gasteiger partial charge >= 0.3 is 0 Å². The highest BCUT2D eigenvalue weighted by atomic mass is 14.9. The molecule has 0 fully saturated rings. The minimum Gasteiger partial charge on any atom is -0.348 e. The van der Waals surface area contributed by atoms with E-state index in [-0.39, 0.29) is 0 Å². The van der Waals surface area contributed by atoms with Crippen LogP contribution in [0.15, 0.2) is 30.5 Å². The van der Waals surface area contributed by atoms with E-state index < -0.39 is 0 Å². The molecule has 1 aromatic heterocycles. The third kappa shape index (κ3) is 4.09. The number of hydrogen-bond acceptors (Lipinski definition) is 1. The number of aromatic nitrogens is 2. The molecular formula is C18H24N2. The van der Waals surface area contributed by atoms with E-state index in [1.54, 1.807) is 0 Å². The number of nitrogens with zero attached hydrogens (tertiary/aromatic N) is 1. The molecule has 2 heteroatoms. The second-order valence-corrected chi connectivity index (χ2v) is 5.42. The molecule has 0 aliphatic heterocycles. The maximum atomic E-state index is 4.36. The first-order valence-electron chi connectivity index (χ1n) is 7.40. The number of allylic oxidation sites excluding steroid dienone is 1. The van der Waals surface area contributed by atoms with Gasteiger partial charge in [0.2, 0.25) is 0 Å². The molecule has 0 spiro atoms. The minimum atomic E-state index is 0.972. The summed E-state index contributed by atoms with van der Waals surface area (Å²) < 4.78 is 0. The van der Waals surface area contributed by atoms with Gasteiger partial charge < -0.3 is 4.98 Å². The molecule has 0 bridgehead atoms. The zero-order valence-corrected chi connectivity index (χ0v) is 12.7. The molecule has 0 saturated carbocycles. The Hall–Kier alpha value is -1.83. The van der Waals surface area contributed by atoms with Crippen LogP contribution < -0.4 is 0 Å². The monoisotopic (exact) mass is 268 g/mol. The summed E-state index contributed by atoms with van der Waals surface area (Å²) in [4.78, 5) is 7.45. The van der Waals surface area contributed by atoms with Gasteiger partial charge in [0.1, 0.15) is 5.82 Å². The SMILES string of the molecule is Cc1nc(C=CCCCCc2cccc(C)c2C)c[nH]1. The van der Waals surface area contributed by atoms with Crippen molar-refractivity contribution in [3.8, 4) is 0 Å². The number of hydrogen-bond donors (Lipinski definition) is 1. The summed E-state index contributed by atoms with van der Waals surface area (Å²) in [5.41, 5.74) is 5.38. The summed E-state index contributed by atoms with van der Waals surface area (Å²) in [7, 11) is 0. The van der Waals surface area contributed by atoms with Crippen LogP contribution in [-0.2, 0) is 6.42 Å². The average Bonchev–Trinajstić information content (AvgIpc) is 2.84. The summed E-state index contributed by atoms with van der Waals surface area (Å²) >= 11 is 0. The summed E-state index contributed by atoms with van der Waals surface area (Å²) in [6, 6.07) is 6.61. The Labute approximate surface area is 122 Å². The van der Waals surface area contributed by atoms with Crippen LogP contribution in [0, 0.1) is 20.8 Å². The lowest BCUT2D eigenvalue weighted by Gasteiger charge is -2.07. The lowest BCUT2D eigenvalue weighted by molar-refractivity contribution is 0.745. The highest BCUT2D eigenvalue weighted by Gasteiger charge is 1.99. The zero-order chi connectivity index (χ0) is 14.4. The molecule has 0 aliphatic carbocycles. The number of H-pyrrole nitrogens is 1. The van der Waals surface area contributed by atoms with Gasteiger partial charge in [-0.05, 0) is 69.2 Å². The topological polar surface area (TPSA) is 28.7 Å². The van der Waals surface area contributed by atoms with Crippen LogP contribution in [0.3, 0.4) is 0 Å². The van der Waals surface area contributed by atoms with Crippen molar-refractivity contribution < 1.29 is 0 Å². The van der Waals surface area contributed by atoms with E-state index in [2.05, 4.69) is 54.2 Å². The van der Waals surface area contributed by atoms with Crippen LogP contribution in [0.5, 0.6) is 0 Å². The van der Waals surface area contributed by atoms with Gasteiger partial charge in [-0.3, -0.25) is 0 Å². The van der Waals surface area contributed by atoms with Crippen molar-refractivity contribution in [1.29, 1.82) is 0 Å². The number of aromatic amines is 1. The molecule has 106 valence electrons. The molecule has 0 amide bonds. The number of nitrogens with one attached hydrogen (secondary N) is 1. The predicted molar refractivity (Wildman–Crippen MR) is 85.8 cm³/mol. The Balaban J connectivity index is 1.71. The van der Waals surface area contributed by atoms with Crippen molar-refractivity contribution in [3.63, 3.8) is 0 Å². The molecule has 2 nitrogen and oxygen atoms in total. The van der Waals surface area contributed by atoms with Crippen LogP contribution in [0.1, 0.15) is 47.5 Å². The quantitative estimate of drug-likeness (QED) is 0.752. The van der Waals surface area contributed by atoms with Crippen molar-refractivity contribution >= 4 is 6.08 Å². The highest BCUT2D eigenvalue weighted by Crippen LogP contribution is 2.15. The second kappa shape index (κ2) is 7.09. The van der Waals surface area contributed by atoms with Crippen LogP contribution in [0.25, 0.3) is 6.08 Å². The van der Waals surface area contributed by atoms with E-state index in [0.29, 0.717) is 0 Å². The summed E-state index contributed by atoms with van der Waals surface area (Å²) in [6.45, 7) is 6.39. The summed E-state index contributed by atoms with van der Waals surface area (Å²) in [5.74, 6) is 0.972. The van der Waals surface area contributed by atoms with E-state index in [1.165, 1.54) is 36.0 Å². The van der Waals surface area contributed by atoms with Crippen LogP contribution in [0.4, 0.5) is 0 Å². The second-order valence-electron chi connectivity index (χ2n) is 5.42. The van der Waals surface area contributed by atoms with Crippen LogP contribution >= 0.6 is 0 Å². The van der Waals surface area contributed by atoms with Gasteiger partial charge in [0, 0.05) is 6.20 Å². The minimum absolute atomic E-state index is 0.972. The van der Waals surface area contributed by atoms with Gasteiger partial charge in [-0.15, -0.1) is 0 Å². The fourth-order valence-corrected chi connectivity index (χ4v) is 2.39. The zero-order valence-electron chi connectivity index (χ0n) is 12.7. The van der Waals surface area contributed by atoms with Crippen LogP contribution in [0.2, 0.25) is 0 Å². The predicted octanol–water partition coefficient (Wildman–Crippen LogP) is 4.76. The molecule has 0 atom stereocenters. The van der Waals surface area contributed by atoms with Crippen molar-refractivity contribution in [2.24, 2.45) is 0 Å². The Bertz CT molecular complexity index is 579. The van der Waals surface area contributed by atoms with Crippen molar-refractivity contribution in [2.45, 2.75) is 46.5 Å².